The summed E-state index contributed by atoms with van der Waals surface area (Å²) >= 11 is 0. The van der Waals surface area contributed by atoms with E-state index in [4.69, 9.17) is 15.2 Å². The number of amides is 2. The van der Waals surface area contributed by atoms with Crippen molar-refractivity contribution < 1.29 is 19.1 Å². The molecular formula is C15H32N4O4. The van der Waals surface area contributed by atoms with E-state index in [0.717, 1.165) is 19.6 Å². The lowest BCUT2D eigenvalue weighted by Gasteiger charge is -2.08. The Morgan fingerprint density at radius 2 is 1.43 bits per heavy atom. The molecule has 0 bridgehead atoms. The molecule has 0 rings (SSSR count). The van der Waals surface area contributed by atoms with E-state index >= 15 is 0 Å². The first-order valence-corrected chi connectivity index (χ1v) is 8.30. The van der Waals surface area contributed by atoms with Gasteiger partial charge in [-0.15, -0.1) is 0 Å². The van der Waals surface area contributed by atoms with Gasteiger partial charge in [0.25, 0.3) is 0 Å². The van der Waals surface area contributed by atoms with Crippen LogP contribution in [0.2, 0.25) is 0 Å². The highest BCUT2D eigenvalue weighted by Gasteiger charge is 2.05. The zero-order chi connectivity index (χ0) is 17.2. The summed E-state index contributed by atoms with van der Waals surface area (Å²) in [5.41, 5.74) is 5.33. The summed E-state index contributed by atoms with van der Waals surface area (Å²) in [6.45, 7) is 7.29. The Balaban J connectivity index is 3.34. The van der Waals surface area contributed by atoms with Crippen molar-refractivity contribution in [2.75, 3.05) is 59.2 Å². The van der Waals surface area contributed by atoms with Crippen molar-refractivity contribution >= 4 is 11.8 Å². The molecule has 0 aliphatic rings. The van der Waals surface area contributed by atoms with Crippen molar-refractivity contribution in [1.82, 2.24) is 16.0 Å². The van der Waals surface area contributed by atoms with Crippen LogP contribution in [-0.2, 0) is 19.1 Å². The quantitative estimate of drug-likeness (QED) is 0.269. The minimum atomic E-state index is -0.146. The topological polar surface area (TPSA) is 115 Å². The molecule has 0 aromatic rings. The van der Waals surface area contributed by atoms with Gasteiger partial charge in [-0.3, -0.25) is 9.59 Å². The fourth-order valence-corrected chi connectivity index (χ4v) is 1.65. The molecule has 0 aromatic heterocycles. The lowest BCUT2D eigenvalue weighted by Crippen LogP contribution is -2.34. The zero-order valence-electron chi connectivity index (χ0n) is 14.2. The number of hydrogen-bond acceptors (Lipinski definition) is 6. The molecule has 0 aliphatic heterocycles. The first kappa shape index (κ1) is 21.8. The minimum absolute atomic E-state index is 0.126. The Kier molecular flexibility index (Phi) is 16.2. The molecule has 0 fully saturated rings. The Morgan fingerprint density at radius 1 is 0.826 bits per heavy atom. The molecular weight excluding hydrogens is 300 g/mol. The predicted octanol–water partition coefficient (Wildman–Crippen LogP) is -1.01. The number of carbonyl (C=O) groups is 2. The number of nitrogens with two attached hydrogens (primary N) is 1. The van der Waals surface area contributed by atoms with E-state index in [0.29, 0.717) is 46.0 Å². The molecule has 0 saturated carbocycles. The van der Waals surface area contributed by atoms with Crippen LogP contribution in [0.4, 0.5) is 0 Å². The zero-order valence-corrected chi connectivity index (χ0v) is 14.2. The molecule has 0 aliphatic carbocycles. The van der Waals surface area contributed by atoms with Crippen LogP contribution in [0.15, 0.2) is 0 Å². The third-order valence-electron chi connectivity index (χ3n) is 2.81. The van der Waals surface area contributed by atoms with Gasteiger partial charge in [-0.2, -0.15) is 0 Å². The molecule has 2 amide bonds. The van der Waals surface area contributed by atoms with Crippen LogP contribution in [0.3, 0.4) is 0 Å². The third-order valence-corrected chi connectivity index (χ3v) is 2.81. The highest BCUT2D eigenvalue weighted by molar-refractivity contribution is 5.83. The Labute approximate surface area is 138 Å². The van der Waals surface area contributed by atoms with Gasteiger partial charge in [0.2, 0.25) is 11.8 Å². The van der Waals surface area contributed by atoms with Gasteiger partial charge in [0, 0.05) is 52.2 Å². The van der Waals surface area contributed by atoms with E-state index in [1.165, 1.54) is 0 Å². The number of rotatable bonds is 16. The van der Waals surface area contributed by atoms with Gasteiger partial charge in [0.1, 0.15) is 0 Å². The van der Waals surface area contributed by atoms with Gasteiger partial charge in [-0.1, -0.05) is 6.92 Å². The summed E-state index contributed by atoms with van der Waals surface area (Å²) in [7, 11) is 0. The van der Waals surface area contributed by atoms with Crippen molar-refractivity contribution in [3.05, 3.63) is 0 Å². The smallest absolute Gasteiger partial charge is 0.220 e. The molecule has 136 valence electrons. The molecule has 0 heterocycles. The third kappa shape index (κ3) is 17.0. The molecule has 0 radical (unpaired) electrons. The van der Waals surface area contributed by atoms with Crippen molar-refractivity contribution in [2.24, 2.45) is 5.73 Å². The maximum absolute atomic E-state index is 11.5. The van der Waals surface area contributed by atoms with Gasteiger partial charge in [-0.25, -0.2) is 0 Å². The second-order valence-corrected chi connectivity index (χ2v) is 4.96. The maximum atomic E-state index is 11.5. The van der Waals surface area contributed by atoms with Gasteiger partial charge in [-0.05, 0) is 6.42 Å². The minimum Gasteiger partial charge on any atom is -0.379 e. The van der Waals surface area contributed by atoms with Gasteiger partial charge in [0.15, 0.2) is 0 Å². The average molecular weight is 332 g/mol. The van der Waals surface area contributed by atoms with Crippen LogP contribution in [0.1, 0.15) is 26.2 Å². The molecule has 8 heteroatoms. The van der Waals surface area contributed by atoms with Crippen LogP contribution in [0, 0.1) is 0 Å². The summed E-state index contributed by atoms with van der Waals surface area (Å²) in [4.78, 5) is 23.0. The van der Waals surface area contributed by atoms with Crippen LogP contribution < -0.4 is 21.7 Å². The van der Waals surface area contributed by atoms with Crippen molar-refractivity contribution in [3.8, 4) is 0 Å². The second-order valence-electron chi connectivity index (χ2n) is 4.96. The Hall–Kier alpha value is -1.22. The largest absolute Gasteiger partial charge is 0.379 e. The maximum Gasteiger partial charge on any atom is 0.220 e. The fraction of sp³-hybridized carbons (Fsp3) is 0.867. The molecule has 0 unspecified atom stereocenters. The van der Waals surface area contributed by atoms with Crippen LogP contribution in [-0.4, -0.2) is 71.0 Å². The van der Waals surface area contributed by atoms with E-state index in [-0.39, 0.29) is 24.7 Å². The number of carbonyl (C=O) groups excluding carboxylic acids is 2. The summed E-state index contributed by atoms with van der Waals surface area (Å²) in [5, 5.41) is 8.52. The standard InChI is InChI=1S/C15H32N4O4/c1-2-10-22-12-13-23-11-9-19-15(21)4-3-14(20)18-8-7-17-6-5-16/h17H,2-13,16H2,1H3,(H,18,20)(H,19,21). The monoisotopic (exact) mass is 332 g/mol. The number of nitrogens with one attached hydrogen (secondary N) is 3. The first-order valence-electron chi connectivity index (χ1n) is 8.30. The summed E-state index contributed by atoms with van der Waals surface area (Å²) in [6, 6.07) is 0. The van der Waals surface area contributed by atoms with Crippen LogP contribution >= 0.6 is 0 Å². The SMILES string of the molecule is CCCOCCOCCNC(=O)CCC(=O)NCCNCCN. The van der Waals surface area contributed by atoms with Crippen molar-refractivity contribution in [1.29, 1.82) is 0 Å². The van der Waals surface area contributed by atoms with E-state index in [2.05, 4.69) is 22.9 Å². The molecule has 0 atom stereocenters. The van der Waals surface area contributed by atoms with Crippen molar-refractivity contribution in [2.45, 2.75) is 26.2 Å². The molecule has 8 nitrogen and oxygen atoms in total. The van der Waals surface area contributed by atoms with Gasteiger partial charge >= 0.3 is 0 Å². The summed E-state index contributed by atoms with van der Waals surface area (Å²) < 4.78 is 10.6. The molecule has 0 spiro atoms. The molecule has 5 N–H and O–H groups in total. The number of hydrogen-bond donors (Lipinski definition) is 4. The summed E-state index contributed by atoms with van der Waals surface area (Å²) in [5.74, 6) is -0.272. The van der Waals surface area contributed by atoms with Gasteiger partial charge in [0.05, 0.1) is 19.8 Å². The van der Waals surface area contributed by atoms with E-state index < -0.39 is 0 Å². The Morgan fingerprint density at radius 3 is 2.04 bits per heavy atom. The Bertz CT molecular complexity index is 303. The van der Waals surface area contributed by atoms with E-state index in [1.807, 2.05) is 0 Å². The van der Waals surface area contributed by atoms with Crippen molar-refractivity contribution in [3.63, 3.8) is 0 Å². The normalized spacial score (nSPS) is 10.5. The fourth-order valence-electron chi connectivity index (χ4n) is 1.65. The highest BCUT2D eigenvalue weighted by atomic mass is 16.5. The second kappa shape index (κ2) is 17.1. The average Bonchev–Trinajstić information content (AvgIpc) is 2.55. The number of ether oxygens (including phenoxy) is 2. The summed E-state index contributed by atoms with van der Waals surface area (Å²) in [6.07, 6.45) is 1.37. The van der Waals surface area contributed by atoms with Gasteiger partial charge < -0.3 is 31.2 Å². The molecule has 0 aromatic carbocycles. The van der Waals surface area contributed by atoms with E-state index in [9.17, 15) is 9.59 Å². The lowest BCUT2D eigenvalue weighted by molar-refractivity contribution is -0.126. The van der Waals surface area contributed by atoms with Crippen LogP contribution in [0.25, 0.3) is 0 Å². The predicted molar refractivity (Wildman–Crippen MR) is 89.1 cm³/mol. The molecule has 23 heavy (non-hydrogen) atoms. The lowest BCUT2D eigenvalue weighted by atomic mass is 10.3. The van der Waals surface area contributed by atoms with Crippen LogP contribution in [0.5, 0.6) is 0 Å². The highest BCUT2D eigenvalue weighted by Crippen LogP contribution is 1.89. The first-order chi connectivity index (χ1) is 11.2. The molecule has 0 saturated heterocycles. The van der Waals surface area contributed by atoms with E-state index in [1.54, 1.807) is 0 Å².